The van der Waals surface area contributed by atoms with Gasteiger partial charge in [0, 0.05) is 67.0 Å². The molecule has 4 nitrogen and oxygen atoms in total. The molecule has 80 heavy (non-hydrogen) atoms. The molecule has 0 aliphatic rings. The van der Waals surface area contributed by atoms with Gasteiger partial charge >= 0.3 is 0 Å². The van der Waals surface area contributed by atoms with E-state index in [2.05, 4.69) is 322 Å². The second-order valence-electron chi connectivity index (χ2n) is 20.9. The molecule has 0 saturated carbocycles. The lowest BCUT2D eigenvalue weighted by Crippen LogP contribution is -2.10. The van der Waals surface area contributed by atoms with E-state index in [1.165, 1.54) is 86.7 Å². The Hall–Kier alpha value is -10.7. The zero-order chi connectivity index (χ0) is 52.7. The number of hydrogen-bond donors (Lipinski definition) is 0. The highest BCUT2D eigenvalue weighted by Crippen LogP contribution is 2.45. The van der Waals surface area contributed by atoms with Gasteiger partial charge in [0.05, 0.1) is 22.1 Å². The Morgan fingerprint density at radius 2 is 0.425 bits per heavy atom. The van der Waals surface area contributed by atoms with Crippen LogP contribution in [0, 0.1) is 0 Å². The third-order valence-corrected chi connectivity index (χ3v) is 16.4. The van der Waals surface area contributed by atoms with Crippen molar-refractivity contribution in [3.63, 3.8) is 0 Å². The summed E-state index contributed by atoms with van der Waals surface area (Å²) >= 11 is 0. The van der Waals surface area contributed by atoms with Gasteiger partial charge in [-0.1, -0.05) is 182 Å². The molecule has 0 spiro atoms. The number of fused-ring (bicyclic) bond motifs is 14. The molecule has 374 valence electrons. The Morgan fingerprint density at radius 3 is 0.713 bits per heavy atom. The van der Waals surface area contributed by atoms with Crippen LogP contribution in [0.2, 0.25) is 0 Å². The van der Waals surface area contributed by atoms with Crippen LogP contribution < -0.4 is 9.80 Å². The number of hydrogen-bond acceptors (Lipinski definition) is 2. The van der Waals surface area contributed by atoms with Crippen LogP contribution in [0.3, 0.4) is 0 Å². The number of aromatic nitrogens is 2. The molecular formula is C76H50N4. The molecule has 0 amide bonds. The van der Waals surface area contributed by atoms with Crippen molar-refractivity contribution < 1.29 is 0 Å². The van der Waals surface area contributed by atoms with Crippen LogP contribution in [0.25, 0.3) is 109 Å². The number of nitrogens with zero attached hydrogens (tertiary/aromatic N) is 4. The maximum Gasteiger partial charge on any atom is 0.0547 e. The minimum atomic E-state index is 1.08. The molecule has 0 aliphatic heterocycles. The van der Waals surface area contributed by atoms with Crippen LogP contribution in [0.1, 0.15) is 0 Å². The molecule has 0 aliphatic carbocycles. The molecule has 0 bridgehead atoms. The predicted octanol–water partition coefficient (Wildman–Crippen LogP) is 21.1. The first-order valence-corrected chi connectivity index (χ1v) is 27.5. The van der Waals surface area contributed by atoms with Crippen molar-refractivity contribution in [3.05, 3.63) is 303 Å². The SMILES string of the molecule is c1ccc(N(c2ccc(-c3ccc(N(c4ccccc4)c4ccc(-n5c6ccc7ccccc7c6c6c7ccccc7ccc65)cc4)cc3)cc2)c2ccc(-n3c4ccc5ccccc5c4c4c5ccccc5ccc43)cc2)cc1. The fourth-order valence-electron chi connectivity index (χ4n) is 12.8. The van der Waals surface area contributed by atoms with Gasteiger partial charge in [-0.15, -0.1) is 0 Å². The molecule has 0 atom stereocenters. The van der Waals surface area contributed by atoms with E-state index in [0.717, 1.165) is 56.6 Å². The van der Waals surface area contributed by atoms with Crippen LogP contribution in [0.4, 0.5) is 34.1 Å². The fraction of sp³-hybridized carbons (Fsp3) is 0. The molecule has 0 radical (unpaired) electrons. The van der Waals surface area contributed by atoms with Crippen molar-refractivity contribution in [2.45, 2.75) is 0 Å². The van der Waals surface area contributed by atoms with Crippen molar-refractivity contribution in [2.24, 2.45) is 0 Å². The average Bonchev–Trinajstić information content (AvgIpc) is 4.23. The summed E-state index contributed by atoms with van der Waals surface area (Å²) in [5.41, 5.74) is 15.9. The first-order chi connectivity index (χ1) is 39.7. The molecule has 14 aromatic carbocycles. The summed E-state index contributed by atoms with van der Waals surface area (Å²) in [6.07, 6.45) is 0. The summed E-state index contributed by atoms with van der Waals surface area (Å²) in [6.45, 7) is 0. The largest absolute Gasteiger partial charge is 0.311 e. The van der Waals surface area contributed by atoms with E-state index in [1.54, 1.807) is 0 Å². The van der Waals surface area contributed by atoms with E-state index in [1.807, 2.05) is 0 Å². The minimum Gasteiger partial charge on any atom is -0.311 e. The van der Waals surface area contributed by atoms with Crippen molar-refractivity contribution in [1.29, 1.82) is 0 Å². The Labute approximate surface area is 463 Å². The van der Waals surface area contributed by atoms with Crippen LogP contribution in [0.5, 0.6) is 0 Å². The Kier molecular flexibility index (Phi) is 10.5. The zero-order valence-corrected chi connectivity index (χ0v) is 43.7. The molecule has 0 N–H and O–H groups in total. The molecule has 4 heteroatoms. The van der Waals surface area contributed by atoms with Gasteiger partial charge < -0.3 is 18.9 Å². The maximum absolute atomic E-state index is 2.44. The maximum atomic E-state index is 2.44. The average molecular weight is 1020 g/mol. The Morgan fingerprint density at radius 1 is 0.188 bits per heavy atom. The van der Waals surface area contributed by atoms with Gasteiger partial charge in [-0.3, -0.25) is 0 Å². The second kappa shape index (κ2) is 18.5. The number of rotatable bonds is 9. The molecule has 16 aromatic rings. The van der Waals surface area contributed by atoms with Crippen LogP contribution in [0.15, 0.2) is 303 Å². The molecule has 2 heterocycles. The molecular weight excluding hydrogens is 969 g/mol. The lowest BCUT2D eigenvalue weighted by Gasteiger charge is -2.26. The quantitative estimate of drug-likeness (QED) is 0.143. The van der Waals surface area contributed by atoms with Gasteiger partial charge in [0.15, 0.2) is 0 Å². The monoisotopic (exact) mass is 1020 g/mol. The topological polar surface area (TPSA) is 16.3 Å². The lowest BCUT2D eigenvalue weighted by molar-refractivity contribution is 1.17. The summed E-state index contributed by atoms with van der Waals surface area (Å²) in [7, 11) is 0. The van der Waals surface area contributed by atoms with Crippen molar-refractivity contribution in [2.75, 3.05) is 9.80 Å². The van der Waals surface area contributed by atoms with Gasteiger partial charge in [-0.05, 0) is 176 Å². The lowest BCUT2D eigenvalue weighted by atomic mass is 10.00. The molecule has 16 rings (SSSR count). The highest BCUT2D eigenvalue weighted by molar-refractivity contribution is 6.30. The third-order valence-electron chi connectivity index (χ3n) is 16.4. The first kappa shape index (κ1) is 45.5. The summed E-state index contributed by atoms with van der Waals surface area (Å²) in [5.74, 6) is 0. The van der Waals surface area contributed by atoms with Gasteiger partial charge in [0.1, 0.15) is 0 Å². The first-order valence-electron chi connectivity index (χ1n) is 27.5. The summed E-state index contributed by atoms with van der Waals surface area (Å²) < 4.78 is 4.87. The van der Waals surface area contributed by atoms with E-state index in [9.17, 15) is 0 Å². The van der Waals surface area contributed by atoms with Crippen molar-refractivity contribution in [1.82, 2.24) is 9.13 Å². The summed E-state index contributed by atoms with van der Waals surface area (Å²) in [6, 6.07) is 111. The normalized spacial score (nSPS) is 11.8. The Balaban J connectivity index is 0.727. The summed E-state index contributed by atoms with van der Waals surface area (Å²) in [4.78, 5) is 4.69. The fourth-order valence-corrected chi connectivity index (χ4v) is 12.8. The molecule has 0 saturated heterocycles. The van der Waals surface area contributed by atoms with Gasteiger partial charge in [0.25, 0.3) is 0 Å². The van der Waals surface area contributed by atoms with E-state index >= 15 is 0 Å². The standard InChI is InChI=1S/C76H50N4/c1-3-19-57(20-4-1)77(61-39-43-63(44-40-61)79-69-47-31-53-15-7-11-23-65(53)73(69)74-66-24-12-8-16-54(66)32-48-70(74)79)59-35-27-51(28-36-59)52-29-37-60(38-30-52)78(58-21-5-2-6-22-58)62-41-45-64(46-42-62)80-71-49-33-55-17-9-13-25-67(55)75(71)76-68-26-14-10-18-56(68)34-50-72(76)80/h1-50H. The minimum absolute atomic E-state index is 1.08. The number of para-hydroxylation sites is 2. The number of benzene rings is 14. The molecule has 0 unspecified atom stereocenters. The van der Waals surface area contributed by atoms with E-state index < -0.39 is 0 Å². The van der Waals surface area contributed by atoms with E-state index in [-0.39, 0.29) is 0 Å². The third kappa shape index (κ3) is 7.31. The molecule has 0 fully saturated rings. The predicted molar refractivity (Wildman–Crippen MR) is 340 cm³/mol. The van der Waals surface area contributed by atoms with Crippen LogP contribution >= 0.6 is 0 Å². The van der Waals surface area contributed by atoms with Crippen molar-refractivity contribution >= 4 is 121 Å². The number of anilines is 6. The smallest absolute Gasteiger partial charge is 0.0547 e. The van der Waals surface area contributed by atoms with E-state index in [0.29, 0.717) is 0 Å². The van der Waals surface area contributed by atoms with Gasteiger partial charge in [0.2, 0.25) is 0 Å². The highest BCUT2D eigenvalue weighted by atomic mass is 15.1. The van der Waals surface area contributed by atoms with Crippen LogP contribution in [-0.2, 0) is 0 Å². The highest BCUT2D eigenvalue weighted by Gasteiger charge is 2.21. The molecule has 2 aromatic heterocycles. The zero-order valence-electron chi connectivity index (χ0n) is 43.7. The summed E-state index contributed by atoms with van der Waals surface area (Å²) in [5, 5.41) is 15.2. The van der Waals surface area contributed by atoms with Crippen molar-refractivity contribution in [3.8, 4) is 22.5 Å². The van der Waals surface area contributed by atoms with Crippen LogP contribution in [-0.4, -0.2) is 9.13 Å². The Bertz CT molecular complexity index is 4510. The van der Waals surface area contributed by atoms with Gasteiger partial charge in [-0.25, -0.2) is 0 Å². The van der Waals surface area contributed by atoms with Gasteiger partial charge in [-0.2, -0.15) is 0 Å². The van der Waals surface area contributed by atoms with E-state index in [4.69, 9.17) is 0 Å². The second-order valence-corrected chi connectivity index (χ2v) is 20.9.